The lowest BCUT2D eigenvalue weighted by Gasteiger charge is -2.24. The predicted octanol–water partition coefficient (Wildman–Crippen LogP) is 3.14. The SMILES string of the molecule is CCOC(Cc1c[c]cc(CC(OC)OCC)c1CC(OC)OCC)OC. The summed E-state index contributed by atoms with van der Waals surface area (Å²) in [6, 6.07) is 7.19. The predicted molar refractivity (Wildman–Crippen MR) is 104 cm³/mol. The van der Waals surface area contributed by atoms with E-state index in [-0.39, 0.29) is 18.9 Å². The molecule has 6 heteroatoms. The second-order valence-corrected chi connectivity index (χ2v) is 5.96. The lowest BCUT2D eigenvalue weighted by Crippen LogP contribution is -2.25. The van der Waals surface area contributed by atoms with E-state index in [1.54, 1.807) is 21.3 Å². The third kappa shape index (κ3) is 8.25. The van der Waals surface area contributed by atoms with Crippen molar-refractivity contribution in [2.75, 3.05) is 41.2 Å². The monoisotopic (exact) mass is 383 g/mol. The van der Waals surface area contributed by atoms with Gasteiger partial charge in [-0.05, 0) is 43.5 Å². The summed E-state index contributed by atoms with van der Waals surface area (Å²) in [5.41, 5.74) is 3.33. The van der Waals surface area contributed by atoms with Gasteiger partial charge in [0.05, 0.1) is 0 Å². The highest BCUT2D eigenvalue weighted by Crippen LogP contribution is 2.23. The summed E-state index contributed by atoms with van der Waals surface area (Å²) in [4.78, 5) is 0. The summed E-state index contributed by atoms with van der Waals surface area (Å²) >= 11 is 0. The van der Waals surface area contributed by atoms with Crippen LogP contribution in [0.25, 0.3) is 0 Å². The number of hydrogen-bond donors (Lipinski definition) is 0. The summed E-state index contributed by atoms with van der Waals surface area (Å²) in [6.07, 6.45) is 0.925. The highest BCUT2D eigenvalue weighted by molar-refractivity contribution is 5.36. The minimum Gasteiger partial charge on any atom is -0.356 e. The van der Waals surface area contributed by atoms with Crippen LogP contribution in [0.4, 0.5) is 0 Å². The van der Waals surface area contributed by atoms with Gasteiger partial charge in [-0.1, -0.05) is 12.1 Å². The van der Waals surface area contributed by atoms with Crippen molar-refractivity contribution in [2.45, 2.75) is 58.9 Å². The zero-order valence-electron chi connectivity index (χ0n) is 17.6. The van der Waals surface area contributed by atoms with Crippen molar-refractivity contribution >= 4 is 0 Å². The number of rotatable bonds is 15. The summed E-state index contributed by atoms with van der Waals surface area (Å²) in [5, 5.41) is 0. The van der Waals surface area contributed by atoms with E-state index in [4.69, 9.17) is 28.4 Å². The Hall–Kier alpha value is -1.02. The van der Waals surface area contributed by atoms with Crippen molar-refractivity contribution in [3.05, 3.63) is 34.9 Å². The van der Waals surface area contributed by atoms with Gasteiger partial charge < -0.3 is 28.4 Å². The topological polar surface area (TPSA) is 55.4 Å². The van der Waals surface area contributed by atoms with Crippen LogP contribution in [0.1, 0.15) is 37.5 Å². The molecule has 3 unspecified atom stereocenters. The Kier molecular flexibility index (Phi) is 12.5. The van der Waals surface area contributed by atoms with Crippen molar-refractivity contribution in [2.24, 2.45) is 0 Å². The molecule has 0 aliphatic rings. The van der Waals surface area contributed by atoms with E-state index in [0.717, 1.165) is 16.7 Å². The molecule has 0 fully saturated rings. The van der Waals surface area contributed by atoms with E-state index in [1.165, 1.54) is 0 Å². The second-order valence-electron chi connectivity index (χ2n) is 5.96. The summed E-state index contributed by atoms with van der Waals surface area (Å²) < 4.78 is 33.5. The zero-order valence-corrected chi connectivity index (χ0v) is 17.6. The molecular formula is C21H35O6. The van der Waals surface area contributed by atoms with Crippen LogP contribution in [0.2, 0.25) is 0 Å². The Morgan fingerprint density at radius 2 is 1.04 bits per heavy atom. The van der Waals surface area contributed by atoms with Crippen LogP contribution in [0, 0.1) is 6.07 Å². The Morgan fingerprint density at radius 3 is 1.37 bits per heavy atom. The van der Waals surface area contributed by atoms with Gasteiger partial charge in [0.1, 0.15) is 0 Å². The van der Waals surface area contributed by atoms with Crippen molar-refractivity contribution in [1.82, 2.24) is 0 Å². The quantitative estimate of drug-likeness (QED) is 0.434. The fraction of sp³-hybridized carbons (Fsp3) is 0.714. The summed E-state index contributed by atoms with van der Waals surface area (Å²) in [6.45, 7) is 7.63. The molecule has 0 aromatic heterocycles. The first-order chi connectivity index (χ1) is 13.1. The Balaban J connectivity index is 3.17. The number of methoxy groups -OCH3 is 3. The standard InChI is InChI=1S/C21H35O6/c1-7-25-19(22-4)13-16-11-10-12-17(14-20(23-5)26-8-2)18(16)15-21(24-6)27-9-3/h11-12,19-21H,7-9,13-15H2,1-6H3. The van der Waals surface area contributed by atoms with E-state index in [1.807, 2.05) is 32.9 Å². The summed E-state index contributed by atoms with van der Waals surface area (Å²) in [7, 11) is 4.97. The molecule has 0 aliphatic carbocycles. The van der Waals surface area contributed by atoms with Gasteiger partial charge in [-0.25, -0.2) is 0 Å². The second kappa shape index (κ2) is 14.0. The lowest BCUT2D eigenvalue weighted by atomic mass is 9.93. The minimum absolute atomic E-state index is 0.310. The molecule has 0 saturated carbocycles. The van der Waals surface area contributed by atoms with Crippen LogP contribution in [0.15, 0.2) is 12.1 Å². The van der Waals surface area contributed by atoms with Crippen molar-refractivity contribution in [3.8, 4) is 0 Å². The number of ether oxygens (including phenoxy) is 6. The molecular weight excluding hydrogens is 348 g/mol. The van der Waals surface area contributed by atoms with Gasteiger partial charge in [0, 0.05) is 60.4 Å². The van der Waals surface area contributed by atoms with Crippen LogP contribution in [-0.2, 0) is 47.7 Å². The maximum absolute atomic E-state index is 5.71. The fourth-order valence-electron chi connectivity index (χ4n) is 2.96. The van der Waals surface area contributed by atoms with Crippen molar-refractivity contribution in [3.63, 3.8) is 0 Å². The van der Waals surface area contributed by atoms with E-state index in [0.29, 0.717) is 39.1 Å². The largest absolute Gasteiger partial charge is 0.356 e. The van der Waals surface area contributed by atoms with Crippen LogP contribution >= 0.6 is 0 Å². The maximum Gasteiger partial charge on any atom is 0.161 e. The normalized spacial score (nSPS) is 14.9. The lowest BCUT2D eigenvalue weighted by molar-refractivity contribution is -0.123. The van der Waals surface area contributed by atoms with Gasteiger partial charge in [-0.2, -0.15) is 0 Å². The third-order valence-electron chi connectivity index (χ3n) is 4.28. The summed E-state index contributed by atoms with van der Waals surface area (Å²) in [5.74, 6) is 0. The van der Waals surface area contributed by atoms with Crippen molar-refractivity contribution in [1.29, 1.82) is 0 Å². The molecule has 1 radical (unpaired) electrons. The van der Waals surface area contributed by atoms with E-state index >= 15 is 0 Å². The average molecular weight is 384 g/mol. The van der Waals surface area contributed by atoms with Crippen LogP contribution in [-0.4, -0.2) is 60.0 Å². The molecule has 0 saturated heterocycles. The molecule has 0 spiro atoms. The van der Waals surface area contributed by atoms with Gasteiger partial charge in [0.15, 0.2) is 18.9 Å². The van der Waals surface area contributed by atoms with Crippen LogP contribution in [0.3, 0.4) is 0 Å². The molecule has 0 amide bonds. The minimum atomic E-state index is -0.323. The molecule has 27 heavy (non-hydrogen) atoms. The number of benzene rings is 1. The fourth-order valence-corrected chi connectivity index (χ4v) is 2.96. The van der Waals surface area contributed by atoms with Gasteiger partial charge >= 0.3 is 0 Å². The molecule has 0 bridgehead atoms. The third-order valence-corrected chi connectivity index (χ3v) is 4.28. The molecule has 0 heterocycles. The molecule has 1 aromatic rings. The highest BCUT2D eigenvalue weighted by Gasteiger charge is 2.20. The molecule has 0 aliphatic heterocycles. The Labute approximate surface area is 164 Å². The van der Waals surface area contributed by atoms with Crippen LogP contribution < -0.4 is 0 Å². The smallest absolute Gasteiger partial charge is 0.161 e. The van der Waals surface area contributed by atoms with E-state index in [9.17, 15) is 0 Å². The molecule has 0 N–H and O–H groups in total. The van der Waals surface area contributed by atoms with Crippen LogP contribution in [0.5, 0.6) is 0 Å². The Morgan fingerprint density at radius 1 is 0.667 bits per heavy atom. The van der Waals surface area contributed by atoms with Gasteiger partial charge in [-0.15, -0.1) is 0 Å². The molecule has 3 atom stereocenters. The first kappa shape index (κ1) is 24.0. The number of hydrogen-bond acceptors (Lipinski definition) is 6. The van der Waals surface area contributed by atoms with E-state index < -0.39 is 0 Å². The van der Waals surface area contributed by atoms with Gasteiger partial charge in [-0.3, -0.25) is 0 Å². The van der Waals surface area contributed by atoms with Crippen molar-refractivity contribution < 1.29 is 28.4 Å². The molecule has 1 aromatic carbocycles. The Bertz CT molecular complexity index is 473. The first-order valence-electron chi connectivity index (χ1n) is 9.57. The van der Waals surface area contributed by atoms with Gasteiger partial charge in [0.25, 0.3) is 0 Å². The maximum atomic E-state index is 5.71. The zero-order chi connectivity index (χ0) is 20.1. The average Bonchev–Trinajstić information content (AvgIpc) is 2.68. The first-order valence-corrected chi connectivity index (χ1v) is 9.57. The molecule has 155 valence electrons. The molecule has 6 nitrogen and oxygen atoms in total. The van der Waals surface area contributed by atoms with Gasteiger partial charge in [0.2, 0.25) is 0 Å². The highest BCUT2D eigenvalue weighted by atomic mass is 16.7. The molecule has 1 rings (SSSR count). The van der Waals surface area contributed by atoms with E-state index in [2.05, 4.69) is 6.07 Å².